The molecule has 3 heteroatoms. The molecule has 1 aromatic heterocycles. The Balaban J connectivity index is 2.25. The summed E-state index contributed by atoms with van der Waals surface area (Å²) in [7, 11) is 0. The summed E-state index contributed by atoms with van der Waals surface area (Å²) in [6, 6.07) is 2.16. The molecule has 13 heavy (non-hydrogen) atoms. The number of aromatic nitrogens is 1. The number of hydrogen-bond acceptors (Lipinski definition) is 2. The average Bonchev–Trinajstić information content (AvgIpc) is 2.86. The zero-order valence-electron chi connectivity index (χ0n) is 7.46. The standard InChI is InChI=1S/C10H13BrN2/c11-9-5-8(6-13-7-9)10(1-2-10)3-4-12/h5-7H,1-4,12H2. The summed E-state index contributed by atoms with van der Waals surface area (Å²) in [5.41, 5.74) is 7.30. The second-order valence-electron chi connectivity index (χ2n) is 3.71. The van der Waals surface area contributed by atoms with E-state index in [1.807, 2.05) is 12.4 Å². The van der Waals surface area contributed by atoms with Crippen LogP contribution < -0.4 is 5.73 Å². The Hall–Kier alpha value is -0.410. The lowest BCUT2D eigenvalue weighted by molar-refractivity contribution is 0.626. The number of nitrogens with two attached hydrogens (primary N) is 1. The lowest BCUT2D eigenvalue weighted by Crippen LogP contribution is -2.13. The van der Waals surface area contributed by atoms with Crippen LogP contribution in [0.25, 0.3) is 0 Å². The largest absolute Gasteiger partial charge is 0.330 e. The number of halogens is 1. The quantitative estimate of drug-likeness (QED) is 0.881. The maximum atomic E-state index is 5.60. The van der Waals surface area contributed by atoms with Crippen molar-refractivity contribution in [2.75, 3.05) is 6.54 Å². The summed E-state index contributed by atoms with van der Waals surface area (Å²) in [4.78, 5) is 4.19. The van der Waals surface area contributed by atoms with Gasteiger partial charge in [0.15, 0.2) is 0 Å². The van der Waals surface area contributed by atoms with Crippen molar-refractivity contribution < 1.29 is 0 Å². The van der Waals surface area contributed by atoms with Gasteiger partial charge in [-0.25, -0.2) is 0 Å². The fourth-order valence-electron chi connectivity index (χ4n) is 1.81. The molecule has 1 heterocycles. The van der Waals surface area contributed by atoms with Crippen molar-refractivity contribution in [2.45, 2.75) is 24.7 Å². The molecule has 0 radical (unpaired) electrons. The van der Waals surface area contributed by atoms with E-state index in [4.69, 9.17) is 5.73 Å². The van der Waals surface area contributed by atoms with Crippen molar-refractivity contribution in [3.05, 3.63) is 28.5 Å². The third-order valence-electron chi connectivity index (χ3n) is 2.79. The normalized spacial score (nSPS) is 18.6. The SMILES string of the molecule is NCCC1(c2cncc(Br)c2)CC1. The number of rotatable bonds is 3. The van der Waals surface area contributed by atoms with E-state index in [-0.39, 0.29) is 0 Å². The first-order chi connectivity index (χ1) is 6.27. The van der Waals surface area contributed by atoms with E-state index in [0.717, 1.165) is 17.4 Å². The van der Waals surface area contributed by atoms with Crippen molar-refractivity contribution >= 4 is 15.9 Å². The Morgan fingerprint density at radius 3 is 2.77 bits per heavy atom. The smallest absolute Gasteiger partial charge is 0.0410 e. The fraction of sp³-hybridized carbons (Fsp3) is 0.500. The van der Waals surface area contributed by atoms with Crippen molar-refractivity contribution in [2.24, 2.45) is 5.73 Å². The molecular weight excluding hydrogens is 228 g/mol. The molecule has 2 rings (SSSR count). The molecule has 0 unspecified atom stereocenters. The molecule has 0 bridgehead atoms. The number of hydrogen-bond donors (Lipinski definition) is 1. The first-order valence-electron chi connectivity index (χ1n) is 4.58. The minimum Gasteiger partial charge on any atom is -0.330 e. The van der Waals surface area contributed by atoms with Crippen LogP contribution >= 0.6 is 15.9 Å². The average molecular weight is 241 g/mol. The van der Waals surface area contributed by atoms with Crippen LogP contribution in [0.15, 0.2) is 22.9 Å². The second kappa shape index (κ2) is 3.39. The highest BCUT2D eigenvalue weighted by atomic mass is 79.9. The summed E-state index contributed by atoms with van der Waals surface area (Å²) in [6.07, 6.45) is 7.41. The Kier molecular flexibility index (Phi) is 2.39. The Morgan fingerprint density at radius 2 is 2.23 bits per heavy atom. The highest BCUT2D eigenvalue weighted by Gasteiger charge is 2.43. The van der Waals surface area contributed by atoms with Crippen LogP contribution in [0.4, 0.5) is 0 Å². The van der Waals surface area contributed by atoms with E-state index in [1.165, 1.54) is 18.4 Å². The first kappa shape index (κ1) is 9.16. The molecule has 2 nitrogen and oxygen atoms in total. The van der Waals surface area contributed by atoms with Crippen molar-refractivity contribution in [3.8, 4) is 0 Å². The van der Waals surface area contributed by atoms with Crippen LogP contribution in [0.1, 0.15) is 24.8 Å². The van der Waals surface area contributed by atoms with Crippen LogP contribution in [-0.2, 0) is 5.41 Å². The Bertz CT molecular complexity index is 308. The van der Waals surface area contributed by atoms with Gasteiger partial charge in [0.1, 0.15) is 0 Å². The van der Waals surface area contributed by atoms with E-state index >= 15 is 0 Å². The van der Waals surface area contributed by atoms with Crippen molar-refractivity contribution in [1.82, 2.24) is 4.98 Å². The van der Waals surface area contributed by atoms with E-state index < -0.39 is 0 Å². The van der Waals surface area contributed by atoms with Gasteiger partial charge in [0.25, 0.3) is 0 Å². The predicted molar refractivity (Wildman–Crippen MR) is 56.5 cm³/mol. The van der Waals surface area contributed by atoms with Gasteiger partial charge in [-0.15, -0.1) is 0 Å². The summed E-state index contributed by atoms with van der Waals surface area (Å²) in [5, 5.41) is 0. The van der Waals surface area contributed by atoms with Crippen molar-refractivity contribution in [3.63, 3.8) is 0 Å². The van der Waals surface area contributed by atoms with Crippen LogP contribution in [0.2, 0.25) is 0 Å². The van der Waals surface area contributed by atoms with Crippen LogP contribution in [0.3, 0.4) is 0 Å². The Labute approximate surface area is 86.7 Å². The van der Waals surface area contributed by atoms with Gasteiger partial charge in [-0.05, 0) is 58.8 Å². The van der Waals surface area contributed by atoms with Gasteiger partial charge in [-0.2, -0.15) is 0 Å². The first-order valence-corrected chi connectivity index (χ1v) is 5.37. The van der Waals surface area contributed by atoms with E-state index in [2.05, 4.69) is 27.0 Å². The van der Waals surface area contributed by atoms with Gasteiger partial charge in [-0.1, -0.05) is 0 Å². The van der Waals surface area contributed by atoms with Gasteiger partial charge in [0.2, 0.25) is 0 Å². The van der Waals surface area contributed by atoms with E-state index in [9.17, 15) is 0 Å². The molecule has 0 amide bonds. The van der Waals surface area contributed by atoms with Crippen LogP contribution in [0.5, 0.6) is 0 Å². The molecule has 0 aromatic carbocycles. The maximum absolute atomic E-state index is 5.60. The molecule has 1 aliphatic rings. The second-order valence-corrected chi connectivity index (χ2v) is 4.63. The third-order valence-corrected chi connectivity index (χ3v) is 3.23. The van der Waals surface area contributed by atoms with E-state index in [0.29, 0.717) is 5.41 Å². The summed E-state index contributed by atoms with van der Waals surface area (Å²) in [5.74, 6) is 0. The zero-order chi connectivity index (χ0) is 9.31. The molecule has 1 aromatic rings. The number of pyridine rings is 1. The van der Waals surface area contributed by atoms with Gasteiger partial charge in [-0.3, -0.25) is 4.98 Å². The maximum Gasteiger partial charge on any atom is 0.0410 e. The van der Waals surface area contributed by atoms with Gasteiger partial charge >= 0.3 is 0 Å². The third kappa shape index (κ3) is 1.76. The highest BCUT2D eigenvalue weighted by Crippen LogP contribution is 2.50. The monoisotopic (exact) mass is 240 g/mol. The molecule has 0 saturated heterocycles. The fourth-order valence-corrected chi connectivity index (χ4v) is 2.18. The summed E-state index contributed by atoms with van der Waals surface area (Å²) in [6.45, 7) is 0.770. The van der Waals surface area contributed by atoms with E-state index in [1.54, 1.807) is 0 Å². The molecular formula is C10H13BrN2. The van der Waals surface area contributed by atoms with Gasteiger partial charge in [0, 0.05) is 16.9 Å². The lowest BCUT2D eigenvalue weighted by Gasteiger charge is -2.13. The molecule has 1 aliphatic carbocycles. The molecule has 70 valence electrons. The molecule has 1 saturated carbocycles. The minimum atomic E-state index is 0.367. The zero-order valence-corrected chi connectivity index (χ0v) is 9.05. The lowest BCUT2D eigenvalue weighted by atomic mass is 9.94. The summed E-state index contributed by atoms with van der Waals surface area (Å²) >= 11 is 3.44. The van der Waals surface area contributed by atoms with Crippen LogP contribution in [-0.4, -0.2) is 11.5 Å². The minimum absolute atomic E-state index is 0.367. The molecule has 1 fully saturated rings. The number of nitrogens with zero attached hydrogens (tertiary/aromatic N) is 1. The molecule has 0 spiro atoms. The highest BCUT2D eigenvalue weighted by molar-refractivity contribution is 9.10. The van der Waals surface area contributed by atoms with Gasteiger partial charge < -0.3 is 5.73 Å². The van der Waals surface area contributed by atoms with Crippen molar-refractivity contribution in [1.29, 1.82) is 0 Å². The summed E-state index contributed by atoms with van der Waals surface area (Å²) < 4.78 is 1.06. The molecule has 2 N–H and O–H groups in total. The topological polar surface area (TPSA) is 38.9 Å². The van der Waals surface area contributed by atoms with Crippen LogP contribution in [0, 0.1) is 0 Å². The van der Waals surface area contributed by atoms with Gasteiger partial charge in [0.05, 0.1) is 0 Å². The molecule has 0 atom stereocenters. The molecule has 0 aliphatic heterocycles. The Morgan fingerprint density at radius 1 is 1.46 bits per heavy atom. The predicted octanol–water partition coefficient (Wildman–Crippen LogP) is 2.22.